The number of benzene rings is 2. The molecule has 0 fully saturated rings. The average Bonchev–Trinajstić information content (AvgIpc) is 3.36. The minimum atomic E-state index is -4.49. The number of nitrogens with one attached hydrogen (secondary N) is 3. The summed E-state index contributed by atoms with van der Waals surface area (Å²) in [6.45, 7) is 1.18. The number of nitrogens with zero attached hydrogens (tertiary/aromatic N) is 4. The lowest BCUT2D eigenvalue weighted by molar-refractivity contribution is -0.137. The Balaban J connectivity index is 1.41. The van der Waals surface area contributed by atoms with Crippen LogP contribution in [0.15, 0.2) is 71.3 Å². The largest absolute Gasteiger partial charge is 0.439 e. The van der Waals surface area contributed by atoms with Crippen molar-refractivity contribution in [1.82, 2.24) is 15.3 Å². The Hall–Kier alpha value is -5.07. The average molecular weight is 565 g/mol. The van der Waals surface area contributed by atoms with E-state index in [1.165, 1.54) is 17.2 Å². The molecule has 0 aliphatic carbocycles. The Bertz CT molecular complexity index is 1590. The third-order valence-corrected chi connectivity index (χ3v) is 6.51. The van der Waals surface area contributed by atoms with Crippen LogP contribution < -0.4 is 26.2 Å². The molecule has 1 aliphatic heterocycles. The molecular weight excluding hydrogens is 537 g/mol. The highest BCUT2D eigenvalue weighted by molar-refractivity contribution is 6.03. The van der Waals surface area contributed by atoms with Gasteiger partial charge in [0.25, 0.3) is 0 Å². The van der Waals surface area contributed by atoms with Crippen LogP contribution in [0.2, 0.25) is 0 Å². The van der Waals surface area contributed by atoms with Crippen molar-refractivity contribution in [3.8, 4) is 22.6 Å². The molecule has 212 valence electrons. The van der Waals surface area contributed by atoms with Gasteiger partial charge in [0.15, 0.2) is 17.5 Å². The molecule has 0 spiro atoms. The summed E-state index contributed by atoms with van der Waals surface area (Å²) in [4.78, 5) is 25.9. The van der Waals surface area contributed by atoms with Gasteiger partial charge in [-0.1, -0.05) is 24.3 Å². The van der Waals surface area contributed by atoms with Gasteiger partial charge in [-0.15, -0.1) is 0 Å². The molecule has 0 bridgehead atoms. The normalized spacial score (nSPS) is 13.4. The highest BCUT2D eigenvalue weighted by atomic mass is 19.4. The number of pyridine rings is 1. The molecule has 1 aliphatic rings. The second-order valence-electron chi connectivity index (χ2n) is 9.44. The van der Waals surface area contributed by atoms with Crippen LogP contribution in [0.1, 0.15) is 17.9 Å². The zero-order chi connectivity index (χ0) is 29.1. The molecule has 10 nitrogen and oxygen atoms in total. The molecule has 5 rings (SSSR count). The molecule has 2 aromatic heterocycles. The first kappa shape index (κ1) is 27.5. The highest BCUT2D eigenvalue weighted by Gasteiger charge is 2.31. The van der Waals surface area contributed by atoms with Crippen LogP contribution in [0.5, 0.6) is 0 Å². The van der Waals surface area contributed by atoms with E-state index in [0.29, 0.717) is 65.2 Å². The van der Waals surface area contributed by atoms with Crippen LogP contribution in [0.3, 0.4) is 0 Å². The molecule has 0 saturated heterocycles. The third-order valence-electron chi connectivity index (χ3n) is 6.51. The van der Waals surface area contributed by atoms with Crippen molar-refractivity contribution < 1.29 is 22.4 Å². The number of anilines is 3. The number of aromatic nitrogens is 2. The summed E-state index contributed by atoms with van der Waals surface area (Å²) in [5.41, 5.74) is 7.02. The number of urea groups is 1. The molecule has 2 aromatic carbocycles. The van der Waals surface area contributed by atoms with E-state index in [1.807, 2.05) is 11.9 Å². The Morgan fingerprint density at radius 3 is 2.66 bits per heavy atom. The van der Waals surface area contributed by atoms with E-state index in [1.54, 1.807) is 42.5 Å². The summed E-state index contributed by atoms with van der Waals surface area (Å²) in [5, 5.41) is 12.8. The second-order valence-corrected chi connectivity index (χ2v) is 9.44. The number of oxazole rings is 1. The molecule has 13 heteroatoms. The first-order valence-electron chi connectivity index (χ1n) is 12.7. The number of guanidine groups is 1. The van der Waals surface area contributed by atoms with Gasteiger partial charge in [0.1, 0.15) is 0 Å². The van der Waals surface area contributed by atoms with Crippen LogP contribution in [-0.4, -0.2) is 42.1 Å². The monoisotopic (exact) mass is 564 g/mol. The zero-order valence-electron chi connectivity index (χ0n) is 22.0. The van der Waals surface area contributed by atoms with E-state index in [4.69, 9.17) is 15.6 Å². The van der Waals surface area contributed by atoms with Gasteiger partial charge < -0.3 is 25.7 Å². The lowest BCUT2D eigenvalue weighted by Crippen LogP contribution is -2.36. The number of hydrogen-bond donors (Lipinski definition) is 4. The summed E-state index contributed by atoms with van der Waals surface area (Å²) in [7, 11) is 1.88. The van der Waals surface area contributed by atoms with Gasteiger partial charge in [-0.3, -0.25) is 10.3 Å². The summed E-state index contributed by atoms with van der Waals surface area (Å²) < 4.78 is 45.7. The molecule has 0 unspecified atom stereocenters. The molecule has 41 heavy (non-hydrogen) atoms. The van der Waals surface area contributed by atoms with E-state index < -0.39 is 17.8 Å². The number of carbonyl (C=O) groups excluding carboxylic acids is 1. The number of fused-ring (bicyclic) bond motifs is 1. The highest BCUT2D eigenvalue weighted by Crippen LogP contribution is 2.36. The number of alkyl halides is 3. The van der Waals surface area contributed by atoms with Gasteiger partial charge in [0, 0.05) is 37.0 Å². The number of nitrogens with two attached hydrogens (primary N) is 1. The second kappa shape index (κ2) is 11.2. The van der Waals surface area contributed by atoms with Crippen LogP contribution >= 0.6 is 0 Å². The van der Waals surface area contributed by atoms with Crippen LogP contribution in [0.4, 0.5) is 35.2 Å². The Morgan fingerprint density at radius 1 is 1.10 bits per heavy atom. The summed E-state index contributed by atoms with van der Waals surface area (Å²) >= 11 is 0. The first-order chi connectivity index (χ1) is 19.6. The van der Waals surface area contributed by atoms with Crippen molar-refractivity contribution in [2.45, 2.75) is 19.1 Å². The molecule has 0 saturated carbocycles. The maximum Gasteiger partial charge on any atom is 0.416 e. The maximum atomic E-state index is 13.6. The van der Waals surface area contributed by atoms with Gasteiger partial charge in [-0.25, -0.2) is 14.8 Å². The van der Waals surface area contributed by atoms with Gasteiger partial charge in [-0.05, 0) is 42.8 Å². The number of hydrogen-bond acceptors (Lipinski definition) is 6. The predicted molar refractivity (Wildman–Crippen MR) is 150 cm³/mol. The topological polar surface area (TPSA) is 136 Å². The van der Waals surface area contributed by atoms with E-state index in [-0.39, 0.29) is 12.5 Å². The smallest absolute Gasteiger partial charge is 0.416 e. The zero-order valence-corrected chi connectivity index (χ0v) is 22.0. The van der Waals surface area contributed by atoms with Crippen LogP contribution in [-0.2, 0) is 12.7 Å². The van der Waals surface area contributed by atoms with Gasteiger partial charge in [-0.2, -0.15) is 13.2 Å². The molecule has 4 aromatic rings. The third kappa shape index (κ3) is 6.24. The van der Waals surface area contributed by atoms with Crippen molar-refractivity contribution in [1.29, 1.82) is 5.41 Å². The minimum Gasteiger partial charge on any atom is -0.439 e. The standard InChI is InChI=1S/C28H27F3N8O2/c1-38-11-4-12-39(25-22(38)10-9-21(37-25)17-5-2-7-19(13-17)28(29,30)31)27(40)36-20-8-3-6-18(14-20)23-15-34-24(41-23)16-35-26(32)33/h2-3,5-10,13-15H,4,11-12,16H2,1H3,(H,36,40)(H4,32,33,35). The molecule has 3 heterocycles. The Kier molecular flexibility index (Phi) is 7.51. The number of carbonyl (C=O) groups is 1. The van der Waals surface area contributed by atoms with Crippen molar-refractivity contribution in [2.75, 3.05) is 35.3 Å². The quantitative estimate of drug-likeness (QED) is 0.191. The van der Waals surface area contributed by atoms with E-state index >= 15 is 0 Å². The Labute approximate surface area is 233 Å². The molecule has 2 amide bonds. The van der Waals surface area contributed by atoms with E-state index in [9.17, 15) is 18.0 Å². The summed E-state index contributed by atoms with van der Waals surface area (Å²) in [6, 6.07) is 15.0. The van der Waals surface area contributed by atoms with Crippen molar-refractivity contribution in [2.24, 2.45) is 5.73 Å². The molecular formula is C28H27F3N8O2. The fraction of sp³-hybridized carbons (Fsp3) is 0.214. The van der Waals surface area contributed by atoms with E-state index in [0.717, 1.165) is 12.1 Å². The number of halogens is 3. The fourth-order valence-electron chi connectivity index (χ4n) is 4.48. The SMILES string of the molecule is CN1CCCN(C(=O)Nc2cccc(-c3cnc(CNC(=N)N)o3)c2)c2nc(-c3cccc(C(F)(F)F)c3)ccc21. The summed E-state index contributed by atoms with van der Waals surface area (Å²) in [6.07, 6.45) is -2.28. The maximum absolute atomic E-state index is 13.6. The number of rotatable bonds is 5. The van der Waals surface area contributed by atoms with Crippen molar-refractivity contribution in [3.63, 3.8) is 0 Å². The number of amides is 2. The lowest BCUT2D eigenvalue weighted by Gasteiger charge is -2.24. The molecule has 5 N–H and O–H groups in total. The Morgan fingerprint density at radius 2 is 1.88 bits per heavy atom. The summed E-state index contributed by atoms with van der Waals surface area (Å²) in [5.74, 6) is 0.965. The van der Waals surface area contributed by atoms with E-state index in [2.05, 4.69) is 20.6 Å². The minimum absolute atomic E-state index is 0.157. The van der Waals surface area contributed by atoms with Crippen molar-refractivity contribution in [3.05, 3.63) is 78.3 Å². The fourth-order valence-corrected chi connectivity index (χ4v) is 4.48. The van der Waals surface area contributed by atoms with Gasteiger partial charge in [0.05, 0.1) is 29.7 Å². The predicted octanol–water partition coefficient (Wildman–Crippen LogP) is 5.28. The van der Waals surface area contributed by atoms with Crippen molar-refractivity contribution >= 4 is 29.2 Å². The molecule has 0 radical (unpaired) electrons. The van der Waals surface area contributed by atoms with Crippen LogP contribution in [0, 0.1) is 5.41 Å². The first-order valence-corrected chi connectivity index (χ1v) is 12.7. The lowest BCUT2D eigenvalue weighted by atomic mass is 10.1. The van der Waals surface area contributed by atoms with Crippen LogP contribution in [0.25, 0.3) is 22.6 Å². The molecule has 0 atom stereocenters. The van der Waals surface area contributed by atoms with Gasteiger partial charge in [0.2, 0.25) is 5.89 Å². The van der Waals surface area contributed by atoms with Gasteiger partial charge >= 0.3 is 12.2 Å².